The zero-order valence-corrected chi connectivity index (χ0v) is 10.7. The van der Waals surface area contributed by atoms with Crippen molar-refractivity contribution in [2.24, 2.45) is 5.73 Å². The van der Waals surface area contributed by atoms with Gasteiger partial charge in [0.15, 0.2) is 0 Å². The van der Waals surface area contributed by atoms with Gasteiger partial charge in [-0.05, 0) is 49.8 Å². The highest BCUT2D eigenvalue weighted by molar-refractivity contribution is 5.37. The van der Waals surface area contributed by atoms with Crippen LogP contribution in [0, 0.1) is 0 Å². The third-order valence-corrected chi connectivity index (χ3v) is 3.21. The number of aliphatic hydroxyl groups excluding tert-OH is 1. The number of aromatic hydroxyl groups is 1. The zero-order valence-electron chi connectivity index (χ0n) is 10.7. The van der Waals surface area contributed by atoms with Crippen molar-refractivity contribution < 1.29 is 10.2 Å². The van der Waals surface area contributed by atoms with E-state index in [9.17, 15) is 5.11 Å². The van der Waals surface area contributed by atoms with Gasteiger partial charge in [0.05, 0.1) is 6.61 Å². The molecule has 0 bridgehead atoms. The van der Waals surface area contributed by atoms with Crippen LogP contribution in [0.1, 0.15) is 50.2 Å². The minimum Gasteiger partial charge on any atom is -0.508 e. The first-order chi connectivity index (χ1) is 8.08. The highest BCUT2D eigenvalue weighted by atomic mass is 16.3. The largest absolute Gasteiger partial charge is 0.508 e. The van der Waals surface area contributed by atoms with E-state index in [4.69, 9.17) is 10.8 Å². The minimum atomic E-state index is -0.122. The van der Waals surface area contributed by atoms with Crippen LogP contribution in [0.3, 0.4) is 0 Å². The molecule has 0 fully saturated rings. The summed E-state index contributed by atoms with van der Waals surface area (Å²) in [5.41, 5.74) is 7.55. The molecule has 4 N–H and O–H groups in total. The molecule has 96 valence electrons. The summed E-state index contributed by atoms with van der Waals surface area (Å²) >= 11 is 0. The maximum atomic E-state index is 9.53. The number of nitrogens with two attached hydrogens (primary N) is 1. The second-order valence-electron chi connectivity index (χ2n) is 4.71. The fraction of sp³-hybridized carbons (Fsp3) is 0.571. The van der Waals surface area contributed by atoms with Gasteiger partial charge in [0.1, 0.15) is 5.75 Å². The fourth-order valence-corrected chi connectivity index (χ4v) is 2.06. The van der Waals surface area contributed by atoms with Crippen molar-refractivity contribution in [3.63, 3.8) is 0 Å². The first-order valence-corrected chi connectivity index (χ1v) is 6.26. The van der Waals surface area contributed by atoms with Crippen LogP contribution in [-0.2, 0) is 6.61 Å². The lowest BCUT2D eigenvalue weighted by molar-refractivity contribution is 0.275. The lowest BCUT2D eigenvalue weighted by Crippen LogP contribution is -2.15. The van der Waals surface area contributed by atoms with Crippen molar-refractivity contribution >= 4 is 0 Å². The SMILES string of the molecule is CCC(CCC(C)N)c1ccc(O)c(CO)c1. The molecule has 0 aliphatic heterocycles. The summed E-state index contributed by atoms with van der Waals surface area (Å²) in [5, 5.41) is 18.7. The van der Waals surface area contributed by atoms with Gasteiger partial charge in [0, 0.05) is 11.6 Å². The first kappa shape index (κ1) is 14.0. The molecule has 0 aromatic heterocycles. The van der Waals surface area contributed by atoms with E-state index < -0.39 is 0 Å². The van der Waals surface area contributed by atoms with Gasteiger partial charge >= 0.3 is 0 Å². The molecule has 0 aliphatic carbocycles. The van der Waals surface area contributed by atoms with Crippen LogP contribution < -0.4 is 5.73 Å². The second kappa shape index (κ2) is 6.62. The van der Waals surface area contributed by atoms with E-state index in [0.29, 0.717) is 11.5 Å². The molecule has 0 aliphatic rings. The standard InChI is InChI=1S/C14H23NO2/c1-3-11(5-4-10(2)15)12-6-7-14(17)13(8-12)9-16/h6-8,10-11,16-17H,3-5,9,15H2,1-2H3. The third kappa shape index (κ3) is 4.02. The molecule has 1 rings (SSSR count). The summed E-state index contributed by atoms with van der Waals surface area (Å²) in [6, 6.07) is 5.71. The van der Waals surface area contributed by atoms with E-state index in [2.05, 4.69) is 6.92 Å². The average molecular weight is 237 g/mol. The number of hydrogen-bond donors (Lipinski definition) is 3. The van der Waals surface area contributed by atoms with Crippen LogP contribution in [0.2, 0.25) is 0 Å². The molecule has 1 aromatic rings. The summed E-state index contributed by atoms with van der Waals surface area (Å²) in [6.45, 7) is 4.05. The molecule has 1 aromatic carbocycles. The van der Waals surface area contributed by atoms with Crippen molar-refractivity contribution in [1.29, 1.82) is 0 Å². The molecule has 2 atom stereocenters. The summed E-state index contributed by atoms with van der Waals surface area (Å²) in [6.07, 6.45) is 3.08. The average Bonchev–Trinajstić information content (AvgIpc) is 2.31. The molecule has 0 radical (unpaired) electrons. The molecule has 17 heavy (non-hydrogen) atoms. The molecular formula is C14H23NO2. The van der Waals surface area contributed by atoms with Crippen LogP contribution in [0.4, 0.5) is 0 Å². The maximum Gasteiger partial charge on any atom is 0.121 e. The van der Waals surface area contributed by atoms with E-state index in [-0.39, 0.29) is 18.4 Å². The van der Waals surface area contributed by atoms with Crippen LogP contribution in [0.5, 0.6) is 5.75 Å². The molecule has 2 unspecified atom stereocenters. The Hall–Kier alpha value is -1.06. The summed E-state index contributed by atoms with van der Waals surface area (Å²) < 4.78 is 0. The molecular weight excluding hydrogens is 214 g/mol. The van der Waals surface area contributed by atoms with Crippen LogP contribution in [0.25, 0.3) is 0 Å². The summed E-state index contributed by atoms with van der Waals surface area (Å²) in [7, 11) is 0. The molecule has 0 spiro atoms. The van der Waals surface area contributed by atoms with Crippen molar-refractivity contribution in [3.8, 4) is 5.75 Å². The Morgan fingerprint density at radius 2 is 2.00 bits per heavy atom. The molecule has 0 saturated carbocycles. The topological polar surface area (TPSA) is 66.5 Å². The van der Waals surface area contributed by atoms with Gasteiger partial charge in [-0.2, -0.15) is 0 Å². The highest BCUT2D eigenvalue weighted by Gasteiger charge is 2.12. The number of rotatable bonds is 6. The molecule has 0 saturated heterocycles. The van der Waals surface area contributed by atoms with Gasteiger partial charge in [-0.3, -0.25) is 0 Å². The fourth-order valence-electron chi connectivity index (χ4n) is 2.06. The van der Waals surface area contributed by atoms with E-state index in [1.54, 1.807) is 6.07 Å². The first-order valence-electron chi connectivity index (χ1n) is 6.26. The zero-order chi connectivity index (χ0) is 12.8. The number of benzene rings is 1. The molecule has 3 nitrogen and oxygen atoms in total. The van der Waals surface area contributed by atoms with Crippen LogP contribution in [0.15, 0.2) is 18.2 Å². The lowest BCUT2D eigenvalue weighted by atomic mass is 9.89. The van der Waals surface area contributed by atoms with Crippen molar-refractivity contribution in [1.82, 2.24) is 0 Å². The van der Waals surface area contributed by atoms with Gasteiger partial charge < -0.3 is 15.9 Å². The molecule has 3 heteroatoms. The normalized spacial score (nSPS) is 14.6. The smallest absolute Gasteiger partial charge is 0.121 e. The van der Waals surface area contributed by atoms with Gasteiger partial charge in [-0.15, -0.1) is 0 Å². The molecule has 0 heterocycles. The van der Waals surface area contributed by atoms with Crippen LogP contribution in [-0.4, -0.2) is 16.3 Å². The van der Waals surface area contributed by atoms with E-state index >= 15 is 0 Å². The van der Waals surface area contributed by atoms with E-state index in [1.807, 2.05) is 19.1 Å². The van der Waals surface area contributed by atoms with Crippen LogP contribution >= 0.6 is 0 Å². The van der Waals surface area contributed by atoms with E-state index in [0.717, 1.165) is 19.3 Å². The number of phenols is 1. The molecule has 0 amide bonds. The van der Waals surface area contributed by atoms with Gasteiger partial charge in [-0.25, -0.2) is 0 Å². The Morgan fingerprint density at radius 1 is 1.29 bits per heavy atom. The van der Waals surface area contributed by atoms with Gasteiger partial charge in [0.25, 0.3) is 0 Å². The summed E-state index contributed by atoms with van der Waals surface area (Å²) in [4.78, 5) is 0. The summed E-state index contributed by atoms with van der Waals surface area (Å²) in [5.74, 6) is 0.616. The number of aliphatic hydroxyl groups is 1. The van der Waals surface area contributed by atoms with E-state index in [1.165, 1.54) is 5.56 Å². The third-order valence-electron chi connectivity index (χ3n) is 3.21. The quantitative estimate of drug-likeness (QED) is 0.712. The van der Waals surface area contributed by atoms with Crippen molar-refractivity contribution in [2.75, 3.05) is 0 Å². The lowest BCUT2D eigenvalue weighted by Gasteiger charge is -2.17. The van der Waals surface area contributed by atoms with Gasteiger partial charge in [0.2, 0.25) is 0 Å². The predicted molar refractivity (Wildman–Crippen MR) is 69.9 cm³/mol. The predicted octanol–water partition coefficient (Wildman–Crippen LogP) is 2.51. The highest BCUT2D eigenvalue weighted by Crippen LogP contribution is 2.29. The number of hydrogen-bond acceptors (Lipinski definition) is 3. The Balaban J connectivity index is 2.80. The monoisotopic (exact) mass is 237 g/mol. The van der Waals surface area contributed by atoms with Crippen molar-refractivity contribution in [2.45, 2.75) is 51.7 Å². The maximum absolute atomic E-state index is 9.53. The Morgan fingerprint density at radius 3 is 2.53 bits per heavy atom. The van der Waals surface area contributed by atoms with Crippen molar-refractivity contribution in [3.05, 3.63) is 29.3 Å². The second-order valence-corrected chi connectivity index (χ2v) is 4.71. The Kier molecular flexibility index (Phi) is 5.45. The Labute approximate surface area is 103 Å². The minimum absolute atomic E-state index is 0.122. The van der Waals surface area contributed by atoms with Gasteiger partial charge in [-0.1, -0.05) is 13.0 Å². The Bertz CT molecular complexity index is 350.